The first-order valence-corrected chi connectivity index (χ1v) is 7.59. The zero-order valence-corrected chi connectivity index (χ0v) is 13.2. The van der Waals surface area contributed by atoms with E-state index in [0.29, 0.717) is 6.42 Å². The van der Waals surface area contributed by atoms with Crippen molar-refractivity contribution in [2.24, 2.45) is 0 Å². The molecule has 24 heavy (non-hydrogen) atoms. The minimum absolute atomic E-state index is 0.185. The Kier molecular flexibility index (Phi) is 8.89. The lowest BCUT2D eigenvalue weighted by atomic mass is 10.00. The fourth-order valence-corrected chi connectivity index (χ4v) is 1.87. The van der Waals surface area contributed by atoms with E-state index in [2.05, 4.69) is 0 Å². The first-order valence-electron chi connectivity index (χ1n) is 7.59. The third-order valence-corrected chi connectivity index (χ3v) is 3.38. The smallest absolute Gasteiger partial charge is 0.381 e. The number of alkyl halides is 9. The lowest BCUT2D eigenvalue weighted by Gasteiger charge is -2.33. The van der Waals surface area contributed by atoms with Gasteiger partial charge in [-0.25, -0.2) is 0 Å². The molecule has 0 fully saturated rings. The molecule has 0 rings (SSSR count). The van der Waals surface area contributed by atoms with Gasteiger partial charge in [-0.05, 0) is 12.8 Å². The van der Waals surface area contributed by atoms with E-state index in [0.717, 1.165) is 25.7 Å². The molecule has 0 aliphatic heterocycles. The lowest BCUT2D eigenvalue weighted by Crippen LogP contribution is -2.60. The second-order valence-corrected chi connectivity index (χ2v) is 5.48. The van der Waals surface area contributed by atoms with Crippen LogP contribution < -0.4 is 0 Å². The Labute approximate surface area is 134 Å². The predicted molar refractivity (Wildman–Crippen MR) is 69.7 cm³/mol. The van der Waals surface area contributed by atoms with Gasteiger partial charge in [-0.1, -0.05) is 32.6 Å². The standard InChI is InChI=1S/C14H21F9O/c1-2-3-4-5-6-9-24-10-7-8-11(15,16)12(17,18)13(19,20)14(21,22)23/h2-10H2,1H3. The van der Waals surface area contributed by atoms with Crippen LogP contribution in [0.1, 0.15) is 51.9 Å². The van der Waals surface area contributed by atoms with Gasteiger partial charge in [0.15, 0.2) is 0 Å². The Morgan fingerprint density at radius 2 is 1.12 bits per heavy atom. The van der Waals surface area contributed by atoms with Gasteiger partial charge in [0.1, 0.15) is 0 Å². The Balaban J connectivity index is 4.30. The SMILES string of the molecule is CCCCCCCOCCCC(F)(F)C(F)(F)C(F)(F)C(F)(F)F. The highest BCUT2D eigenvalue weighted by Gasteiger charge is 2.81. The Hall–Kier alpha value is -0.670. The van der Waals surface area contributed by atoms with Gasteiger partial charge in [-0.2, -0.15) is 39.5 Å². The summed E-state index contributed by atoms with van der Waals surface area (Å²) in [5, 5.41) is 0. The fraction of sp³-hybridized carbons (Fsp3) is 1.00. The third kappa shape index (κ3) is 6.00. The molecule has 0 bridgehead atoms. The molecule has 1 nitrogen and oxygen atoms in total. The largest absolute Gasteiger partial charge is 0.460 e. The van der Waals surface area contributed by atoms with Crippen LogP contribution in [0.15, 0.2) is 0 Å². The van der Waals surface area contributed by atoms with Crippen LogP contribution in [-0.2, 0) is 4.74 Å². The summed E-state index contributed by atoms with van der Waals surface area (Å²) in [6.45, 7) is 1.77. The molecule has 0 amide bonds. The maximum atomic E-state index is 13.2. The van der Waals surface area contributed by atoms with Gasteiger partial charge in [0.05, 0.1) is 0 Å². The molecule has 0 saturated carbocycles. The molecule has 0 heterocycles. The first kappa shape index (κ1) is 23.3. The van der Waals surface area contributed by atoms with Crippen molar-refractivity contribution >= 4 is 0 Å². The number of halogens is 9. The summed E-state index contributed by atoms with van der Waals surface area (Å²) in [6.07, 6.45) is -4.90. The Morgan fingerprint density at radius 1 is 0.625 bits per heavy atom. The van der Waals surface area contributed by atoms with Gasteiger partial charge in [0, 0.05) is 19.6 Å². The van der Waals surface area contributed by atoms with Crippen molar-refractivity contribution in [3.63, 3.8) is 0 Å². The van der Waals surface area contributed by atoms with Crippen molar-refractivity contribution in [3.05, 3.63) is 0 Å². The predicted octanol–water partition coefficient (Wildman–Crippen LogP) is 6.22. The maximum absolute atomic E-state index is 13.2. The minimum Gasteiger partial charge on any atom is -0.381 e. The molecule has 0 saturated heterocycles. The summed E-state index contributed by atoms with van der Waals surface area (Å²) in [7, 11) is 0. The highest BCUT2D eigenvalue weighted by atomic mass is 19.4. The third-order valence-electron chi connectivity index (χ3n) is 3.38. The summed E-state index contributed by atoms with van der Waals surface area (Å²) >= 11 is 0. The molecule has 0 N–H and O–H groups in total. The van der Waals surface area contributed by atoms with Crippen molar-refractivity contribution in [2.45, 2.75) is 75.8 Å². The van der Waals surface area contributed by atoms with E-state index >= 15 is 0 Å². The highest BCUT2D eigenvalue weighted by Crippen LogP contribution is 2.54. The van der Waals surface area contributed by atoms with Gasteiger partial charge in [-0.15, -0.1) is 0 Å². The van der Waals surface area contributed by atoms with Crippen LogP contribution in [0.3, 0.4) is 0 Å². The van der Waals surface area contributed by atoms with E-state index < -0.39 is 43.4 Å². The molecule has 0 aromatic heterocycles. The zero-order chi connectivity index (χ0) is 19.1. The van der Waals surface area contributed by atoms with Crippen LogP contribution in [0.4, 0.5) is 39.5 Å². The van der Waals surface area contributed by atoms with Crippen molar-refractivity contribution < 1.29 is 44.3 Å². The van der Waals surface area contributed by atoms with E-state index in [-0.39, 0.29) is 6.61 Å². The van der Waals surface area contributed by atoms with Crippen molar-refractivity contribution in [3.8, 4) is 0 Å². The molecule has 0 radical (unpaired) electrons. The van der Waals surface area contributed by atoms with Crippen molar-refractivity contribution in [1.82, 2.24) is 0 Å². The van der Waals surface area contributed by atoms with E-state index in [1.54, 1.807) is 0 Å². The van der Waals surface area contributed by atoms with Crippen LogP contribution in [-0.4, -0.2) is 37.2 Å². The van der Waals surface area contributed by atoms with Crippen molar-refractivity contribution in [2.75, 3.05) is 13.2 Å². The summed E-state index contributed by atoms with van der Waals surface area (Å²) in [4.78, 5) is 0. The number of unbranched alkanes of at least 4 members (excludes halogenated alkanes) is 4. The van der Waals surface area contributed by atoms with Gasteiger partial charge >= 0.3 is 23.9 Å². The maximum Gasteiger partial charge on any atom is 0.460 e. The van der Waals surface area contributed by atoms with Crippen LogP contribution in [0.2, 0.25) is 0 Å². The van der Waals surface area contributed by atoms with E-state index in [1.165, 1.54) is 0 Å². The lowest BCUT2D eigenvalue weighted by molar-refractivity contribution is -0.396. The molecule has 0 aliphatic carbocycles. The summed E-state index contributed by atoms with van der Waals surface area (Å²) in [6, 6.07) is 0. The average molecular weight is 376 g/mol. The van der Waals surface area contributed by atoms with Gasteiger partial charge < -0.3 is 4.74 Å². The second kappa shape index (κ2) is 9.15. The molecule has 0 unspecified atom stereocenters. The number of rotatable bonds is 12. The van der Waals surface area contributed by atoms with Gasteiger partial charge in [-0.3, -0.25) is 0 Å². The summed E-state index contributed by atoms with van der Waals surface area (Å²) in [5.41, 5.74) is 0. The van der Waals surface area contributed by atoms with Crippen LogP contribution >= 0.6 is 0 Å². The molecular formula is C14H21F9O. The molecule has 0 aliphatic rings. The monoisotopic (exact) mass is 376 g/mol. The van der Waals surface area contributed by atoms with Gasteiger partial charge in [0.2, 0.25) is 0 Å². The number of hydrogen-bond donors (Lipinski definition) is 0. The normalized spacial score (nSPS) is 14.2. The minimum atomic E-state index is -6.82. The molecule has 0 atom stereocenters. The van der Waals surface area contributed by atoms with Crippen LogP contribution in [0.5, 0.6) is 0 Å². The van der Waals surface area contributed by atoms with E-state index in [1.807, 2.05) is 6.92 Å². The summed E-state index contributed by atoms with van der Waals surface area (Å²) in [5.74, 6) is -18.8. The quantitative estimate of drug-likeness (QED) is 0.290. The second-order valence-electron chi connectivity index (χ2n) is 5.48. The number of hydrogen-bond acceptors (Lipinski definition) is 1. The Morgan fingerprint density at radius 3 is 1.62 bits per heavy atom. The topological polar surface area (TPSA) is 9.23 Å². The van der Waals surface area contributed by atoms with E-state index in [9.17, 15) is 39.5 Å². The molecular weight excluding hydrogens is 355 g/mol. The Bertz CT molecular complexity index is 353. The fourth-order valence-electron chi connectivity index (χ4n) is 1.87. The molecule has 146 valence electrons. The highest BCUT2D eigenvalue weighted by molar-refractivity contribution is 5.00. The number of ether oxygens (including phenoxy) is 1. The van der Waals surface area contributed by atoms with Crippen LogP contribution in [0, 0.1) is 0 Å². The molecule has 10 heteroatoms. The van der Waals surface area contributed by atoms with E-state index in [4.69, 9.17) is 4.74 Å². The molecule has 0 aromatic rings. The molecule has 0 aromatic carbocycles. The van der Waals surface area contributed by atoms with Gasteiger partial charge in [0.25, 0.3) is 0 Å². The summed E-state index contributed by atoms with van der Waals surface area (Å²) < 4.78 is 118. The van der Waals surface area contributed by atoms with Crippen molar-refractivity contribution in [1.29, 1.82) is 0 Å². The van der Waals surface area contributed by atoms with Crippen LogP contribution in [0.25, 0.3) is 0 Å². The average Bonchev–Trinajstić information content (AvgIpc) is 2.43. The first-order chi connectivity index (χ1) is 10.8. The molecule has 0 spiro atoms. The zero-order valence-electron chi connectivity index (χ0n) is 13.2.